The average Bonchev–Trinajstić information content (AvgIpc) is 3.02. The SMILES string of the molecule is Cc1cc(C)n(Cc2cccc(CNC(=O)C3CCN(C(=O)N(C)C)CC3)c2)n1. The van der Waals surface area contributed by atoms with Crippen molar-refractivity contribution in [1.29, 1.82) is 0 Å². The van der Waals surface area contributed by atoms with E-state index in [-0.39, 0.29) is 17.9 Å². The third kappa shape index (κ3) is 5.37. The average molecular weight is 398 g/mol. The summed E-state index contributed by atoms with van der Waals surface area (Å²) in [5.41, 5.74) is 4.40. The van der Waals surface area contributed by atoms with Gasteiger partial charge in [0, 0.05) is 45.3 Å². The molecule has 0 spiro atoms. The lowest BCUT2D eigenvalue weighted by molar-refractivity contribution is -0.126. The van der Waals surface area contributed by atoms with Crippen molar-refractivity contribution in [2.45, 2.75) is 39.8 Å². The first-order valence-corrected chi connectivity index (χ1v) is 10.2. The molecule has 1 aliphatic rings. The molecule has 7 nitrogen and oxygen atoms in total. The normalized spacial score (nSPS) is 14.7. The number of nitrogens with zero attached hydrogens (tertiary/aromatic N) is 4. The molecule has 1 fully saturated rings. The Labute approximate surface area is 172 Å². The van der Waals surface area contributed by atoms with Crippen LogP contribution in [-0.4, -0.2) is 58.7 Å². The molecular weight excluding hydrogens is 366 g/mol. The molecule has 1 saturated heterocycles. The van der Waals surface area contributed by atoms with E-state index < -0.39 is 0 Å². The van der Waals surface area contributed by atoms with Gasteiger partial charge in [0.05, 0.1) is 12.2 Å². The Morgan fingerprint density at radius 1 is 1.14 bits per heavy atom. The van der Waals surface area contributed by atoms with Crippen LogP contribution in [-0.2, 0) is 17.9 Å². The molecule has 0 saturated carbocycles. The molecule has 1 N–H and O–H groups in total. The molecule has 2 aromatic rings. The van der Waals surface area contributed by atoms with Gasteiger partial charge in [0.25, 0.3) is 0 Å². The first kappa shape index (κ1) is 20.9. The summed E-state index contributed by atoms with van der Waals surface area (Å²) in [6, 6.07) is 10.3. The number of nitrogens with one attached hydrogen (secondary N) is 1. The first-order valence-electron chi connectivity index (χ1n) is 10.2. The largest absolute Gasteiger partial charge is 0.352 e. The summed E-state index contributed by atoms with van der Waals surface area (Å²) in [5, 5.41) is 7.58. The van der Waals surface area contributed by atoms with Gasteiger partial charge in [-0.05, 0) is 43.9 Å². The Balaban J connectivity index is 1.51. The van der Waals surface area contributed by atoms with Gasteiger partial charge >= 0.3 is 6.03 Å². The number of piperidine rings is 1. The number of benzene rings is 1. The minimum Gasteiger partial charge on any atom is -0.352 e. The molecule has 0 radical (unpaired) electrons. The molecule has 1 aliphatic heterocycles. The van der Waals surface area contributed by atoms with Gasteiger partial charge in [-0.1, -0.05) is 24.3 Å². The van der Waals surface area contributed by atoms with Gasteiger partial charge in [0.1, 0.15) is 0 Å². The van der Waals surface area contributed by atoms with Crippen LogP contribution < -0.4 is 5.32 Å². The second-order valence-corrected chi connectivity index (χ2v) is 8.06. The van der Waals surface area contributed by atoms with Crippen molar-refractivity contribution in [3.05, 3.63) is 52.8 Å². The van der Waals surface area contributed by atoms with Gasteiger partial charge < -0.3 is 15.1 Å². The van der Waals surface area contributed by atoms with Crippen molar-refractivity contribution in [2.75, 3.05) is 27.2 Å². The fraction of sp³-hybridized carbons (Fsp3) is 0.500. The summed E-state index contributed by atoms with van der Waals surface area (Å²) in [7, 11) is 3.51. The third-order valence-electron chi connectivity index (χ3n) is 5.41. The van der Waals surface area contributed by atoms with E-state index in [1.165, 1.54) is 5.56 Å². The second kappa shape index (κ2) is 9.11. The molecule has 3 amide bonds. The van der Waals surface area contributed by atoms with Gasteiger partial charge in [-0.2, -0.15) is 5.10 Å². The first-order chi connectivity index (χ1) is 13.8. The summed E-state index contributed by atoms with van der Waals surface area (Å²) < 4.78 is 2.00. The highest BCUT2D eigenvalue weighted by Gasteiger charge is 2.27. The third-order valence-corrected chi connectivity index (χ3v) is 5.41. The van der Waals surface area contributed by atoms with Crippen LogP contribution >= 0.6 is 0 Å². The van der Waals surface area contributed by atoms with E-state index in [0.717, 1.165) is 23.5 Å². The highest BCUT2D eigenvalue weighted by Crippen LogP contribution is 2.18. The van der Waals surface area contributed by atoms with Gasteiger partial charge in [-0.25, -0.2) is 4.79 Å². The van der Waals surface area contributed by atoms with Gasteiger partial charge in [0.15, 0.2) is 0 Å². The zero-order chi connectivity index (χ0) is 21.0. The molecule has 1 aromatic heterocycles. The van der Waals surface area contributed by atoms with Crippen LogP contribution in [0.2, 0.25) is 0 Å². The lowest BCUT2D eigenvalue weighted by atomic mass is 9.96. The Morgan fingerprint density at radius 3 is 2.45 bits per heavy atom. The van der Waals surface area contributed by atoms with E-state index in [1.807, 2.05) is 28.6 Å². The van der Waals surface area contributed by atoms with E-state index in [9.17, 15) is 9.59 Å². The van der Waals surface area contributed by atoms with E-state index in [0.29, 0.717) is 32.5 Å². The van der Waals surface area contributed by atoms with E-state index in [2.05, 4.69) is 35.5 Å². The van der Waals surface area contributed by atoms with Crippen LogP contribution in [0.4, 0.5) is 4.79 Å². The standard InChI is InChI=1S/C22H31N5O2/c1-16-12-17(2)27(24-16)15-19-7-5-6-18(13-19)14-23-21(28)20-8-10-26(11-9-20)22(29)25(3)4/h5-7,12-13,20H,8-11,14-15H2,1-4H3,(H,23,28). The molecule has 0 aliphatic carbocycles. The van der Waals surface area contributed by atoms with Gasteiger partial charge in [-0.3, -0.25) is 9.48 Å². The van der Waals surface area contributed by atoms with Gasteiger partial charge in [0.2, 0.25) is 5.91 Å². The van der Waals surface area contributed by atoms with Crippen molar-refractivity contribution >= 4 is 11.9 Å². The number of hydrogen-bond donors (Lipinski definition) is 1. The maximum atomic E-state index is 12.6. The monoisotopic (exact) mass is 397 g/mol. The molecule has 0 bridgehead atoms. The second-order valence-electron chi connectivity index (χ2n) is 8.06. The van der Waals surface area contributed by atoms with E-state index in [1.54, 1.807) is 19.0 Å². The fourth-order valence-electron chi connectivity index (χ4n) is 3.80. The van der Waals surface area contributed by atoms with E-state index in [4.69, 9.17) is 0 Å². The molecule has 3 rings (SSSR count). The molecule has 2 heterocycles. The number of carbonyl (C=O) groups is 2. The zero-order valence-electron chi connectivity index (χ0n) is 17.8. The van der Waals surface area contributed by atoms with Crippen LogP contribution in [0.15, 0.2) is 30.3 Å². The zero-order valence-corrected chi connectivity index (χ0v) is 17.8. The maximum absolute atomic E-state index is 12.6. The summed E-state index contributed by atoms with van der Waals surface area (Å²) >= 11 is 0. The predicted octanol–water partition coefficient (Wildman–Crippen LogP) is 2.56. The Kier molecular flexibility index (Phi) is 6.56. The Hall–Kier alpha value is -2.83. The topological polar surface area (TPSA) is 70.5 Å². The molecule has 0 unspecified atom stereocenters. The quantitative estimate of drug-likeness (QED) is 0.843. The van der Waals surface area contributed by atoms with Crippen LogP contribution in [0, 0.1) is 19.8 Å². The summed E-state index contributed by atoms with van der Waals surface area (Å²) in [6.45, 7) is 6.55. The van der Waals surface area contributed by atoms with Crippen LogP contribution in [0.1, 0.15) is 35.4 Å². The minimum absolute atomic E-state index is 0.0169. The number of urea groups is 1. The number of likely N-dealkylation sites (tertiary alicyclic amines) is 1. The van der Waals surface area contributed by atoms with Crippen LogP contribution in [0.25, 0.3) is 0 Å². The molecular formula is C22H31N5O2. The fourth-order valence-corrected chi connectivity index (χ4v) is 3.80. The van der Waals surface area contributed by atoms with Crippen molar-refractivity contribution in [3.8, 4) is 0 Å². The minimum atomic E-state index is -0.0286. The highest BCUT2D eigenvalue weighted by molar-refractivity contribution is 5.79. The summed E-state index contributed by atoms with van der Waals surface area (Å²) in [6.07, 6.45) is 1.42. The van der Waals surface area contributed by atoms with Crippen LogP contribution in [0.5, 0.6) is 0 Å². The van der Waals surface area contributed by atoms with Crippen LogP contribution in [0.3, 0.4) is 0 Å². The smallest absolute Gasteiger partial charge is 0.319 e. The van der Waals surface area contributed by atoms with Crippen molar-refractivity contribution in [2.24, 2.45) is 5.92 Å². The van der Waals surface area contributed by atoms with Gasteiger partial charge in [-0.15, -0.1) is 0 Å². The molecule has 7 heteroatoms. The van der Waals surface area contributed by atoms with Crippen molar-refractivity contribution < 1.29 is 9.59 Å². The molecule has 29 heavy (non-hydrogen) atoms. The number of aryl methyl sites for hydroxylation is 2. The van der Waals surface area contributed by atoms with Crippen molar-refractivity contribution in [1.82, 2.24) is 24.9 Å². The lowest BCUT2D eigenvalue weighted by Crippen LogP contribution is -2.46. The number of rotatable bonds is 5. The molecule has 156 valence electrons. The summed E-state index contributed by atoms with van der Waals surface area (Å²) in [4.78, 5) is 28.0. The number of hydrogen-bond acceptors (Lipinski definition) is 3. The highest BCUT2D eigenvalue weighted by atomic mass is 16.2. The lowest BCUT2D eigenvalue weighted by Gasteiger charge is -2.33. The predicted molar refractivity (Wildman–Crippen MR) is 112 cm³/mol. The number of carbonyl (C=O) groups excluding carboxylic acids is 2. The van der Waals surface area contributed by atoms with E-state index >= 15 is 0 Å². The number of amides is 3. The Bertz CT molecular complexity index is 866. The molecule has 0 atom stereocenters. The Morgan fingerprint density at radius 2 is 1.83 bits per heavy atom. The van der Waals surface area contributed by atoms with Crippen molar-refractivity contribution in [3.63, 3.8) is 0 Å². The maximum Gasteiger partial charge on any atom is 0.319 e. The number of aromatic nitrogens is 2. The molecule has 1 aromatic carbocycles. The summed E-state index contributed by atoms with van der Waals surface area (Å²) in [5.74, 6) is 0.0463.